The van der Waals surface area contributed by atoms with Crippen molar-refractivity contribution >= 4 is 16.5 Å². The van der Waals surface area contributed by atoms with E-state index in [4.69, 9.17) is 0 Å². The molecule has 3 aromatic carbocycles. The first kappa shape index (κ1) is 10.8. The van der Waals surface area contributed by atoms with Crippen LogP contribution in [0.5, 0.6) is 0 Å². The maximum absolute atomic E-state index is 3.34. The van der Waals surface area contributed by atoms with Crippen LogP contribution in [-0.4, -0.2) is 7.05 Å². The van der Waals surface area contributed by atoms with Crippen LogP contribution in [0.1, 0.15) is 0 Å². The normalized spacial score (nSPS) is 10.5. The lowest BCUT2D eigenvalue weighted by molar-refractivity contribution is 1.53. The fraction of sp³-hybridized carbons (Fsp3) is 0.0588. The Morgan fingerprint density at radius 3 is 2.22 bits per heavy atom. The molecule has 0 heterocycles. The van der Waals surface area contributed by atoms with Gasteiger partial charge in [0.1, 0.15) is 0 Å². The van der Waals surface area contributed by atoms with Gasteiger partial charge in [-0.2, -0.15) is 0 Å². The van der Waals surface area contributed by atoms with Gasteiger partial charge in [-0.3, -0.25) is 0 Å². The summed E-state index contributed by atoms with van der Waals surface area (Å²) in [5.74, 6) is 0. The molecule has 0 aromatic heterocycles. The van der Waals surface area contributed by atoms with Crippen LogP contribution in [0.3, 0.4) is 0 Å². The van der Waals surface area contributed by atoms with E-state index in [0.717, 1.165) is 0 Å². The van der Waals surface area contributed by atoms with Gasteiger partial charge < -0.3 is 5.32 Å². The Bertz CT molecular complexity index is 672. The van der Waals surface area contributed by atoms with Crippen LogP contribution in [0.15, 0.2) is 66.7 Å². The Morgan fingerprint density at radius 2 is 1.44 bits per heavy atom. The zero-order chi connectivity index (χ0) is 12.4. The van der Waals surface area contributed by atoms with Crippen LogP contribution in [-0.2, 0) is 0 Å². The second kappa shape index (κ2) is 4.53. The molecule has 0 fully saturated rings. The molecule has 0 aliphatic carbocycles. The van der Waals surface area contributed by atoms with Gasteiger partial charge in [0, 0.05) is 23.7 Å². The number of hydrogen-bond acceptors (Lipinski definition) is 1. The Labute approximate surface area is 107 Å². The molecule has 0 saturated heterocycles. The Morgan fingerprint density at radius 1 is 0.722 bits per heavy atom. The lowest BCUT2D eigenvalue weighted by Gasteiger charge is -2.12. The summed E-state index contributed by atoms with van der Waals surface area (Å²) in [6.07, 6.45) is 0. The van der Waals surface area contributed by atoms with Gasteiger partial charge in [-0.1, -0.05) is 66.7 Å². The fourth-order valence-corrected chi connectivity index (χ4v) is 2.40. The highest BCUT2D eigenvalue weighted by molar-refractivity contribution is 6.01. The summed E-state index contributed by atoms with van der Waals surface area (Å²) in [5, 5.41) is 5.87. The number of benzene rings is 3. The lowest BCUT2D eigenvalue weighted by Crippen LogP contribution is -1.93. The standard InChI is InChI=1S/C17H15N/c1-18-17-15-10-6-5-9-14(15)11-12-16(17)13-7-3-2-4-8-13/h2-12,18H,1H3. The van der Waals surface area contributed by atoms with Crippen LogP contribution in [0, 0.1) is 0 Å². The van der Waals surface area contributed by atoms with E-state index >= 15 is 0 Å². The molecular weight excluding hydrogens is 218 g/mol. The number of fused-ring (bicyclic) bond motifs is 1. The molecule has 0 saturated carbocycles. The van der Waals surface area contributed by atoms with E-state index in [-0.39, 0.29) is 0 Å². The Balaban J connectivity index is 2.31. The second-order valence-corrected chi connectivity index (χ2v) is 4.33. The van der Waals surface area contributed by atoms with Gasteiger partial charge >= 0.3 is 0 Å². The van der Waals surface area contributed by atoms with E-state index < -0.39 is 0 Å². The van der Waals surface area contributed by atoms with Gasteiger partial charge in [0.25, 0.3) is 0 Å². The van der Waals surface area contributed by atoms with E-state index in [9.17, 15) is 0 Å². The predicted octanol–water partition coefficient (Wildman–Crippen LogP) is 4.55. The van der Waals surface area contributed by atoms with E-state index in [1.165, 1.54) is 27.6 Å². The molecule has 88 valence electrons. The van der Waals surface area contributed by atoms with Crippen LogP contribution in [0.4, 0.5) is 5.69 Å². The molecule has 0 aliphatic rings. The van der Waals surface area contributed by atoms with Crippen molar-refractivity contribution in [3.8, 4) is 11.1 Å². The molecular formula is C17H15N. The zero-order valence-corrected chi connectivity index (χ0v) is 10.4. The number of anilines is 1. The third-order valence-electron chi connectivity index (χ3n) is 3.26. The molecule has 0 amide bonds. The number of rotatable bonds is 2. The van der Waals surface area contributed by atoms with Crippen LogP contribution < -0.4 is 5.32 Å². The third kappa shape index (κ3) is 1.74. The number of hydrogen-bond donors (Lipinski definition) is 1. The summed E-state index contributed by atoms with van der Waals surface area (Å²) in [5.41, 5.74) is 3.68. The second-order valence-electron chi connectivity index (χ2n) is 4.33. The maximum atomic E-state index is 3.34. The average Bonchev–Trinajstić information content (AvgIpc) is 2.47. The Hall–Kier alpha value is -2.28. The molecule has 1 heteroatoms. The van der Waals surface area contributed by atoms with Crippen molar-refractivity contribution < 1.29 is 0 Å². The van der Waals surface area contributed by atoms with Gasteiger partial charge in [-0.25, -0.2) is 0 Å². The first-order chi connectivity index (χ1) is 8.90. The highest BCUT2D eigenvalue weighted by Gasteiger charge is 2.07. The molecule has 1 nitrogen and oxygen atoms in total. The maximum Gasteiger partial charge on any atom is 0.0496 e. The number of nitrogens with one attached hydrogen (secondary N) is 1. The van der Waals surface area contributed by atoms with Crippen LogP contribution >= 0.6 is 0 Å². The molecule has 3 rings (SSSR count). The van der Waals surface area contributed by atoms with Crippen molar-refractivity contribution in [2.24, 2.45) is 0 Å². The highest BCUT2D eigenvalue weighted by atomic mass is 14.8. The quantitative estimate of drug-likeness (QED) is 0.684. The Kier molecular flexibility index (Phi) is 2.73. The minimum atomic E-state index is 1.19. The topological polar surface area (TPSA) is 12.0 Å². The minimum absolute atomic E-state index is 1.19. The molecule has 0 spiro atoms. The molecule has 0 atom stereocenters. The van der Waals surface area contributed by atoms with E-state index in [2.05, 4.69) is 66.0 Å². The summed E-state index contributed by atoms with van der Waals surface area (Å²) < 4.78 is 0. The van der Waals surface area contributed by atoms with Crippen molar-refractivity contribution in [2.45, 2.75) is 0 Å². The summed E-state index contributed by atoms with van der Waals surface area (Å²) >= 11 is 0. The van der Waals surface area contributed by atoms with Gasteiger partial charge in [-0.15, -0.1) is 0 Å². The molecule has 1 N–H and O–H groups in total. The van der Waals surface area contributed by atoms with Crippen molar-refractivity contribution in [1.29, 1.82) is 0 Å². The van der Waals surface area contributed by atoms with Gasteiger partial charge in [0.2, 0.25) is 0 Å². The van der Waals surface area contributed by atoms with E-state index in [1.54, 1.807) is 0 Å². The molecule has 18 heavy (non-hydrogen) atoms. The molecule has 0 radical (unpaired) electrons. The van der Waals surface area contributed by atoms with Gasteiger partial charge in [0.05, 0.1) is 0 Å². The minimum Gasteiger partial charge on any atom is -0.387 e. The monoisotopic (exact) mass is 233 g/mol. The van der Waals surface area contributed by atoms with Crippen molar-refractivity contribution in [3.63, 3.8) is 0 Å². The van der Waals surface area contributed by atoms with Gasteiger partial charge in [-0.05, 0) is 10.9 Å². The summed E-state index contributed by atoms with van der Waals surface area (Å²) in [6, 6.07) is 23.3. The van der Waals surface area contributed by atoms with E-state index in [1.807, 2.05) is 13.1 Å². The van der Waals surface area contributed by atoms with Crippen LogP contribution in [0.2, 0.25) is 0 Å². The smallest absolute Gasteiger partial charge is 0.0496 e. The fourth-order valence-electron chi connectivity index (χ4n) is 2.40. The van der Waals surface area contributed by atoms with Crippen molar-refractivity contribution in [1.82, 2.24) is 0 Å². The lowest BCUT2D eigenvalue weighted by atomic mass is 9.98. The summed E-state index contributed by atoms with van der Waals surface area (Å²) in [7, 11) is 1.98. The molecule has 0 bridgehead atoms. The average molecular weight is 233 g/mol. The first-order valence-electron chi connectivity index (χ1n) is 6.15. The van der Waals surface area contributed by atoms with Crippen LogP contribution in [0.25, 0.3) is 21.9 Å². The molecule has 3 aromatic rings. The first-order valence-corrected chi connectivity index (χ1v) is 6.15. The SMILES string of the molecule is CNc1c(-c2ccccc2)ccc2ccccc12. The largest absolute Gasteiger partial charge is 0.387 e. The third-order valence-corrected chi connectivity index (χ3v) is 3.26. The molecule has 0 aliphatic heterocycles. The van der Waals surface area contributed by atoms with Gasteiger partial charge in [0.15, 0.2) is 0 Å². The summed E-state index contributed by atoms with van der Waals surface area (Å²) in [4.78, 5) is 0. The van der Waals surface area contributed by atoms with Crippen molar-refractivity contribution in [3.05, 3.63) is 66.7 Å². The molecule has 0 unspecified atom stereocenters. The predicted molar refractivity (Wildman–Crippen MR) is 78.9 cm³/mol. The van der Waals surface area contributed by atoms with E-state index in [0.29, 0.717) is 0 Å². The van der Waals surface area contributed by atoms with Crippen molar-refractivity contribution in [2.75, 3.05) is 12.4 Å². The summed E-state index contributed by atoms with van der Waals surface area (Å²) in [6.45, 7) is 0. The zero-order valence-electron chi connectivity index (χ0n) is 10.4. The highest BCUT2D eigenvalue weighted by Crippen LogP contribution is 2.34.